The summed E-state index contributed by atoms with van der Waals surface area (Å²) in [6.45, 7) is 10.5. The number of alkyl carbamates (subject to hydrolysis) is 1. The van der Waals surface area contributed by atoms with Crippen LogP contribution in [0.2, 0.25) is 0 Å². The number of methoxy groups -OCH3 is 1. The maximum atomic E-state index is 14.4. The van der Waals surface area contributed by atoms with Crippen LogP contribution >= 0.6 is 0 Å². The molecule has 3 saturated carbocycles. The minimum Gasteiger partial charge on any atom is -0.496 e. The summed E-state index contributed by atoms with van der Waals surface area (Å²) in [6, 6.07) is 10.3. The van der Waals surface area contributed by atoms with E-state index in [2.05, 4.69) is 43.3 Å². The van der Waals surface area contributed by atoms with Crippen molar-refractivity contribution in [2.75, 3.05) is 46.8 Å². The Morgan fingerprint density at radius 2 is 1.86 bits per heavy atom. The standard InChI is InChI=1S/C37H51N5O7/c1-20-28-16-25(37(28,3)4)17-29(20)40-35(45)32-31(21(2)48-36(46)39-6)30(19-43)49-42(32)18-22-11-10-12-27(33(22)47-9)23-13-24(34(44)38-5)15-26(14-23)41(7)8/h10-15,20,25,28-32,43H,2,16-19H2,1,3-9H3,(H,38,44)(H,39,46)(H,40,45)/t20-,25+,28-,29-,30-,31-,32-/m0/s1. The number of hydrogen-bond donors (Lipinski definition) is 4. The highest BCUT2D eigenvalue weighted by molar-refractivity contribution is 5.97. The molecule has 0 radical (unpaired) electrons. The van der Waals surface area contributed by atoms with Gasteiger partial charge in [0.15, 0.2) is 0 Å². The highest BCUT2D eigenvalue weighted by atomic mass is 16.7. The zero-order valence-electron chi connectivity index (χ0n) is 29.8. The van der Waals surface area contributed by atoms with Gasteiger partial charge in [-0.25, -0.2) is 4.79 Å². The molecule has 0 aromatic heterocycles. The van der Waals surface area contributed by atoms with E-state index in [4.69, 9.17) is 14.3 Å². The van der Waals surface area contributed by atoms with E-state index in [1.165, 1.54) is 18.5 Å². The third-order valence-electron chi connectivity index (χ3n) is 11.1. The molecule has 1 heterocycles. The third-order valence-corrected chi connectivity index (χ3v) is 11.1. The van der Waals surface area contributed by atoms with Crippen molar-refractivity contribution in [1.82, 2.24) is 21.0 Å². The summed E-state index contributed by atoms with van der Waals surface area (Å²) >= 11 is 0. The normalized spacial score (nSPS) is 27.0. The highest BCUT2D eigenvalue weighted by Crippen LogP contribution is 2.61. The van der Waals surface area contributed by atoms with E-state index in [0.29, 0.717) is 28.7 Å². The first-order valence-electron chi connectivity index (χ1n) is 16.9. The number of hydroxylamine groups is 2. The van der Waals surface area contributed by atoms with Gasteiger partial charge in [-0.15, -0.1) is 0 Å². The number of nitrogens with one attached hydrogen (secondary N) is 3. The zero-order valence-corrected chi connectivity index (χ0v) is 29.8. The summed E-state index contributed by atoms with van der Waals surface area (Å²) in [5.41, 5.74) is 3.80. The predicted molar refractivity (Wildman–Crippen MR) is 187 cm³/mol. The van der Waals surface area contributed by atoms with Gasteiger partial charge in [0.1, 0.15) is 23.7 Å². The van der Waals surface area contributed by atoms with Crippen LogP contribution in [0.1, 0.15) is 49.5 Å². The van der Waals surface area contributed by atoms with Crippen LogP contribution in [0.5, 0.6) is 5.75 Å². The topological polar surface area (TPSA) is 142 Å². The second kappa shape index (κ2) is 14.4. The van der Waals surface area contributed by atoms with Crippen LogP contribution in [0.15, 0.2) is 48.7 Å². The molecule has 2 bridgehead atoms. The number of amides is 3. The number of rotatable bonds is 11. The summed E-state index contributed by atoms with van der Waals surface area (Å²) in [7, 11) is 8.41. The molecule has 2 aromatic carbocycles. The van der Waals surface area contributed by atoms with Gasteiger partial charge in [-0.05, 0) is 59.8 Å². The molecule has 0 unspecified atom stereocenters. The first kappa shape index (κ1) is 36.2. The van der Waals surface area contributed by atoms with E-state index in [-0.39, 0.29) is 41.5 Å². The number of fused-ring (bicyclic) bond motifs is 2. The Morgan fingerprint density at radius 1 is 1.12 bits per heavy atom. The van der Waals surface area contributed by atoms with Gasteiger partial charge in [-0.2, -0.15) is 5.06 Å². The summed E-state index contributed by atoms with van der Waals surface area (Å²) in [5.74, 6) is 0.530. The Balaban J connectivity index is 1.50. The van der Waals surface area contributed by atoms with E-state index in [1.807, 2.05) is 55.4 Å². The van der Waals surface area contributed by atoms with Crippen LogP contribution in [0.4, 0.5) is 10.5 Å². The summed E-state index contributed by atoms with van der Waals surface area (Å²) in [4.78, 5) is 47.5. The lowest BCUT2D eigenvalue weighted by molar-refractivity contribution is -0.183. The second-order valence-corrected chi connectivity index (χ2v) is 14.3. The molecule has 12 heteroatoms. The number of aliphatic hydroxyl groups is 1. The van der Waals surface area contributed by atoms with Crippen molar-refractivity contribution in [2.24, 2.45) is 29.1 Å². The van der Waals surface area contributed by atoms with E-state index in [1.54, 1.807) is 14.2 Å². The van der Waals surface area contributed by atoms with Crippen LogP contribution in [0.25, 0.3) is 11.1 Å². The summed E-state index contributed by atoms with van der Waals surface area (Å²) in [6.07, 6.45) is 0.426. The first-order chi connectivity index (χ1) is 23.2. The number of ether oxygens (including phenoxy) is 2. The van der Waals surface area contributed by atoms with Gasteiger partial charge in [0.05, 0.1) is 26.2 Å². The van der Waals surface area contributed by atoms with Crippen molar-refractivity contribution >= 4 is 23.6 Å². The highest BCUT2D eigenvalue weighted by Gasteiger charge is 2.57. The van der Waals surface area contributed by atoms with Crippen LogP contribution in [0.3, 0.4) is 0 Å². The molecule has 4 aliphatic rings. The lowest BCUT2D eigenvalue weighted by atomic mass is 9.45. The van der Waals surface area contributed by atoms with Crippen molar-refractivity contribution in [2.45, 2.75) is 58.3 Å². The van der Waals surface area contributed by atoms with Crippen LogP contribution < -0.4 is 25.6 Å². The van der Waals surface area contributed by atoms with Crippen molar-refractivity contribution in [3.8, 4) is 16.9 Å². The Morgan fingerprint density at radius 3 is 2.45 bits per heavy atom. The van der Waals surface area contributed by atoms with Crippen molar-refractivity contribution < 1.29 is 33.8 Å². The summed E-state index contributed by atoms with van der Waals surface area (Å²) in [5, 5.41) is 20.4. The zero-order chi connectivity index (χ0) is 35.8. The van der Waals surface area contributed by atoms with Crippen LogP contribution in [-0.2, 0) is 20.9 Å². The number of anilines is 1. The Bertz CT molecular complexity index is 1590. The lowest BCUT2D eigenvalue weighted by Gasteiger charge is -2.62. The Hall–Kier alpha value is -4.13. The summed E-state index contributed by atoms with van der Waals surface area (Å²) < 4.78 is 11.4. The van der Waals surface area contributed by atoms with Crippen molar-refractivity contribution in [3.05, 3.63) is 59.9 Å². The number of carbonyl (C=O) groups excluding carboxylic acids is 3. The molecule has 266 valence electrons. The van der Waals surface area contributed by atoms with Gasteiger partial charge in [-0.3, -0.25) is 14.4 Å². The van der Waals surface area contributed by atoms with E-state index < -0.39 is 30.8 Å². The minimum atomic E-state index is -0.974. The molecular formula is C37H51N5O7. The fourth-order valence-electron chi connectivity index (χ4n) is 8.14. The minimum absolute atomic E-state index is 0.0182. The largest absolute Gasteiger partial charge is 0.496 e. The second-order valence-electron chi connectivity index (χ2n) is 14.3. The van der Waals surface area contributed by atoms with Gasteiger partial charge in [0.2, 0.25) is 5.91 Å². The lowest BCUT2D eigenvalue weighted by Crippen LogP contribution is -2.62. The number of hydrogen-bond acceptors (Lipinski definition) is 9. The SMILES string of the molecule is C=C(OC(=O)NC)[C@H]1[C@H](CO)ON(Cc2cccc(-c3cc(C(=O)NC)cc(N(C)C)c3)c2OC)[C@@H]1C(=O)N[C@H]1C[C@H]2C[C@@H]([C@@H]1C)C2(C)C. The molecule has 7 atom stereocenters. The number of benzene rings is 2. The number of nitrogens with zero attached hydrogens (tertiary/aromatic N) is 2. The molecular weight excluding hydrogens is 626 g/mol. The Kier molecular flexibility index (Phi) is 10.6. The van der Waals surface area contributed by atoms with Crippen molar-refractivity contribution in [3.63, 3.8) is 0 Å². The van der Waals surface area contributed by atoms with E-state index >= 15 is 0 Å². The molecule has 6 rings (SSSR count). The van der Waals surface area contributed by atoms with Gasteiger partial charge in [0.25, 0.3) is 5.91 Å². The first-order valence-corrected chi connectivity index (χ1v) is 16.9. The molecule has 1 saturated heterocycles. The fourth-order valence-corrected chi connectivity index (χ4v) is 8.14. The van der Waals surface area contributed by atoms with Crippen LogP contribution in [-0.4, -0.2) is 88.2 Å². The number of carbonyl (C=O) groups is 3. The molecule has 49 heavy (non-hydrogen) atoms. The van der Waals surface area contributed by atoms with Gasteiger partial charge in [-0.1, -0.05) is 45.5 Å². The fraction of sp³-hybridized carbons (Fsp3) is 0.541. The van der Waals surface area contributed by atoms with Crippen molar-refractivity contribution in [1.29, 1.82) is 0 Å². The average Bonchev–Trinajstić information content (AvgIpc) is 3.46. The molecule has 0 spiro atoms. The van der Waals surface area contributed by atoms with Gasteiger partial charge >= 0.3 is 6.09 Å². The molecule has 1 aliphatic heterocycles. The third kappa shape index (κ3) is 6.86. The van der Waals surface area contributed by atoms with E-state index in [9.17, 15) is 19.5 Å². The van der Waals surface area contributed by atoms with Gasteiger partial charge in [0, 0.05) is 56.6 Å². The average molecular weight is 678 g/mol. The molecule has 12 nitrogen and oxygen atoms in total. The monoisotopic (exact) mass is 677 g/mol. The van der Waals surface area contributed by atoms with Crippen LogP contribution in [0, 0.1) is 29.1 Å². The number of aliphatic hydroxyl groups excluding tert-OH is 1. The van der Waals surface area contributed by atoms with E-state index in [0.717, 1.165) is 23.2 Å². The molecule has 2 aromatic rings. The smallest absolute Gasteiger partial charge is 0.412 e. The number of para-hydroxylation sites is 1. The molecule has 3 amide bonds. The Labute approximate surface area is 289 Å². The predicted octanol–water partition coefficient (Wildman–Crippen LogP) is 3.94. The molecule has 4 N–H and O–H groups in total. The molecule has 4 fully saturated rings. The van der Waals surface area contributed by atoms with Gasteiger partial charge < -0.3 is 35.4 Å². The maximum absolute atomic E-state index is 14.4. The molecule has 3 aliphatic carbocycles. The maximum Gasteiger partial charge on any atom is 0.412 e. The quantitative estimate of drug-likeness (QED) is 0.260.